The Bertz CT molecular complexity index is 508. The smallest absolute Gasteiger partial charge is 0.126 e. The average Bonchev–Trinajstić information content (AvgIpc) is 3.23. The molecule has 0 amide bonds. The first-order valence-corrected chi connectivity index (χ1v) is 8.92. The van der Waals surface area contributed by atoms with Gasteiger partial charge in [0.2, 0.25) is 0 Å². The molecule has 1 N–H and O–H groups in total. The second kappa shape index (κ2) is 6.00. The van der Waals surface area contributed by atoms with Gasteiger partial charge < -0.3 is 5.32 Å². The maximum atomic E-state index is 14.3. The highest BCUT2D eigenvalue weighted by atomic mass is 79.9. The lowest BCUT2D eigenvalue weighted by atomic mass is 9.65. The van der Waals surface area contributed by atoms with Crippen LogP contribution in [0.5, 0.6) is 0 Å². The third-order valence-corrected chi connectivity index (χ3v) is 5.63. The Kier molecular flexibility index (Phi) is 4.42. The van der Waals surface area contributed by atoms with Gasteiger partial charge >= 0.3 is 0 Å². The number of hydrogen-bond donors (Lipinski definition) is 1. The molecule has 116 valence electrons. The van der Waals surface area contributed by atoms with Crippen molar-refractivity contribution in [3.8, 4) is 0 Å². The minimum atomic E-state index is -0.0441. The minimum absolute atomic E-state index is 0.0441. The van der Waals surface area contributed by atoms with E-state index in [0.717, 1.165) is 29.0 Å². The quantitative estimate of drug-likeness (QED) is 0.779. The zero-order chi connectivity index (χ0) is 15.0. The van der Waals surface area contributed by atoms with Gasteiger partial charge in [0.05, 0.1) is 0 Å². The highest BCUT2D eigenvalue weighted by molar-refractivity contribution is 9.10. The maximum Gasteiger partial charge on any atom is 0.126 e. The van der Waals surface area contributed by atoms with Gasteiger partial charge in [-0.05, 0) is 79.7 Å². The molecule has 2 fully saturated rings. The van der Waals surface area contributed by atoms with Gasteiger partial charge in [-0.25, -0.2) is 4.39 Å². The van der Waals surface area contributed by atoms with Crippen LogP contribution in [-0.2, 0) is 0 Å². The molecule has 0 bridgehead atoms. The van der Waals surface area contributed by atoms with Gasteiger partial charge in [0.25, 0.3) is 0 Å². The monoisotopic (exact) mass is 353 g/mol. The molecule has 1 aromatic rings. The zero-order valence-corrected chi connectivity index (χ0v) is 14.5. The number of rotatable bonds is 4. The van der Waals surface area contributed by atoms with E-state index in [9.17, 15) is 4.39 Å². The van der Waals surface area contributed by atoms with Crippen LogP contribution in [0.15, 0.2) is 22.7 Å². The fraction of sp³-hybridized carbons (Fsp3) is 0.667. The first-order valence-electron chi connectivity index (χ1n) is 8.13. The summed E-state index contributed by atoms with van der Waals surface area (Å²) < 4.78 is 15.3. The Labute approximate surface area is 135 Å². The summed E-state index contributed by atoms with van der Waals surface area (Å²) >= 11 is 3.50. The second-order valence-corrected chi connectivity index (χ2v) is 8.54. The molecule has 2 aliphatic carbocycles. The van der Waals surface area contributed by atoms with E-state index in [1.807, 2.05) is 6.07 Å². The molecule has 2 unspecified atom stereocenters. The molecule has 1 nitrogen and oxygen atoms in total. The molecule has 0 heterocycles. The molecule has 3 rings (SSSR count). The molecule has 0 aliphatic heterocycles. The van der Waals surface area contributed by atoms with Crippen LogP contribution < -0.4 is 5.32 Å². The van der Waals surface area contributed by atoms with Crippen LogP contribution >= 0.6 is 15.9 Å². The molecule has 21 heavy (non-hydrogen) atoms. The number of hydrogen-bond acceptors (Lipinski definition) is 1. The summed E-state index contributed by atoms with van der Waals surface area (Å²) in [4.78, 5) is 0. The molecule has 0 radical (unpaired) electrons. The van der Waals surface area contributed by atoms with Crippen LogP contribution in [0.2, 0.25) is 0 Å². The normalized spacial score (nSPS) is 28.6. The standard InChI is InChI=1S/C18H25BrFN/c1-18(2)8-7-12(11-21-14-4-5-14)16(10-18)15-9-13(19)3-6-17(15)20/h3,6,9,12,14,16,21H,4-5,7-8,10-11H2,1-2H3. The van der Waals surface area contributed by atoms with Crippen molar-refractivity contribution in [1.29, 1.82) is 0 Å². The summed E-state index contributed by atoms with van der Waals surface area (Å²) in [5.74, 6) is 0.845. The molecule has 3 heteroatoms. The van der Waals surface area contributed by atoms with Crippen LogP contribution in [0.1, 0.15) is 57.4 Å². The van der Waals surface area contributed by atoms with E-state index in [1.54, 1.807) is 12.1 Å². The van der Waals surface area contributed by atoms with Gasteiger partial charge in [0.15, 0.2) is 0 Å². The van der Waals surface area contributed by atoms with Crippen LogP contribution in [0.3, 0.4) is 0 Å². The Morgan fingerprint density at radius 3 is 2.76 bits per heavy atom. The van der Waals surface area contributed by atoms with E-state index >= 15 is 0 Å². The van der Waals surface area contributed by atoms with E-state index in [4.69, 9.17) is 0 Å². The van der Waals surface area contributed by atoms with Crippen LogP contribution in [0.25, 0.3) is 0 Å². The topological polar surface area (TPSA) is 12.0 Å². The molecule has 1 aromatic carbocycles. The van der Waals surface area contributed by atoms with E-state index in [2.05, 4.69) is 35.1 Å². The average molecular weight is 354 g/mol. The summed E-state index contributed by atoms with van der Waals surface area (Å²) in [6, 6.07) is 6.12. The van der Waals surface area contributed by atoms with Crippen LogP contribution in [-0.4, -0.2) is 12.6 Å². The van der Waals surface area contributed by atoms with Crippen molar-refractivity contribution in [2.24, 2.45) is 11.3 Å². The Balaban J connectivity index is 1.82. The Morgan fingerprint density at radius 1 is 1.29 bits per heavy atom. The highest BCUT2D eigenvalue weighted by Gasteiger charge is 2.37. The summed E-state index contributed by atoms with van der Waals surface area (Å²) in [5.41, 5.74) is 1.22. The molecule has 2 aliphatic rings. The maximum absolute atomic E-state index is 14.3. The molecule has 0 spiro atoms. The molecular weight excluding hydrogens is 329 g/mol. The molecular formula is C18H25BrFN. The van der Waals surface area contributed by atoms with Crippen LogP contribution in [0, 0.1) is 17.2 Å². The largest absolute Gasteiger partial charge is 0.314 e. The lowest BCUT2D eigenvalue weighted by Crippen LogP contribution is -2.35. The van der Waals surface area contributed by atoms with Crippen LogP contribution in [0.4, 0.5) is 4.39 Å². The third kappa shape index (κ3) is 3.87. The summed E-state index contributed by atoms with van der Waals surface area (Å²) in [7, 11) is 0. The van der Waals surface area contributed by atoms with Gasteiger partial charge in [0, 0.05) is 10.5 Å². The van der Waals surface area contributed by atoms with Crippen molar-refractivity contribution in [3.05, 3.63) is 34.1 Å². The van der Waals surface area contributed by atoms with Crippen molar-refractivity contribution in [3.63, 3.8) is 0 Å². The summed E-state index contributed by atoms with van der Waals surface area (Å²) in [6.07, 6.45) is 6.15. The van der Waals surface area contributed by atoms with E-state index in [-0.39, 0.29) is 5.82 Å². The van der Waals surface area contributed by atoms with Crippen molar-refractivity contribution < 1.29 is 4.39 Å². The Morgan fingerprint density at radius 2 is 2.05 bits per heavy atom. The van der Waals surface area contributed by atoms with E-state index in [0.29, 0.717) is 17.3 Å². The highest BCUT2D eigenvalue weighted by Crippen LogP contribution is 2.47. The number of benzene rings is 1. The number of nitrogens with one attached hydrogen (secondary N) is 1. The van der Waals surface area contributed by atoms with Gasteiger partial charge in [-0.2, -0.15) is 0 Å². The first kappa shape index (κ1) is 15.5. The predicted molar refractivity (Wildman–Crippen MR) is 89.0 cm³/mol. The van der Waals surface area contributed by atoms with Crippen molar-refractivity contribution in [2.75, 3.05) is 6.54 Å². The van der Waals surface area contributed by atoms with Crippen molar-refractivity contribution in [1.82, 2.24) is 5.32 Å². The van der Waals surface area contributed by atoms with Gasteiger partial charge in [-0.3, -0.25) is 0 Å². The zero-order valence-electron chi connectivity index (χ0n) is 13.0. The van der Waals surface area contributed by atoms with Crippen molar-refractivity contribution in [2.45, 2.75) is 57.9 Å². The minimum Gasteiger partial charge on any atom is -0.314 e. The second-order valence-electron chi connectivity index (χ2n) is 7.62. The predicted octanol–water partition coefficient (Wildman–Crippen LogP) is 5.25. The SMILES string of the molecule is CC1(C)CCC(CNC2CC2)C(c2cc(Br)ccc2F)C1. The van der Waals surface area contributed by atoms with E-state index in [1.165, 1.54) is 25.7 Å². The fourth-order valence-corrected chi connectivity index (χ4v) is 4.03. The third-order valence-electron chi connectivity index (χ3n) is 5.14. The summed E-state index contributed by atoms with van der Waals surface area (Å²) in [6.45, 7) is 5.68. The number of halogens is 2. The molecule has 2 saturated carbocycles. The lowest BCUT2D eigenvalue weighted by molar-refractivity contribution is 0.157. The first-order chi connectivity index (χ1) is 9.94. The molecule has 0 aromatic heterocycles. The van der Waals surface area contributed by atoms with Gasteiger partial charge in [0.1, 0.15) is 5.82 Å². The Hall–Kier alpha value is -0.410. The van der Waals surface area contributed by atoms with Gasteiger partial charge in [-0.1, -0.05) is 29.8 Å². The molecule has 0 saturated heterocycles. The summed E-state index contributed by atoms with van der Waals surface area (Å²) in [5, 5.41) is 3.65. The van der Waals surface area contributed by atoms with Gasteiger partial charge in [-0.15, -0.1) is 0 Å². The lowest BCUT2D eigenvalue weighted by Gasteiger charge is -2.41. The fourth-order valence-electron chi connectivity index (χ4n) is 3.65. The molecule has 2 atom stereocenters. The van der Waals surface area contributed by atoms with Crippen molar-refractivity contribution >= 4 is 15.9 Å². The van der Waals surface area contributed by atoms with E-state index < -0.39 is 0 Å².